The number of nitrogens with zero attached hydrogens (tertiary/aromatic N) is 1. The molecule has 236 valence electrons. The van der Waals surface area contributed by atoms with Crippen molar-refractivity contribution in [2.45, 2.75) is 160 Å². The molecule has 0 aliphatic carbocycles. The minimum absolute atomic E-state index is 0.248. The first-order chi connectivity index (χ1) is 19.8. The van der Waals surface area contributed by atoms with E-state index in [-0.39, 0.29) is 13.0 Å². The predicted molar refractivity (Wildman–Crippen MR) is 156 cm³/mol. The van der Waals surface area contributed by atoms with Crippen LogP contribution in [0.2, 0.25) is 0 Å². The van der Waals surface area contributed by atoms with Crippen LogP contribution in [0.3, 0.4) is 0 Å². The van der Waals surface area contributed by atoms with Gasteiger partial charge in [-0.25, -0.2) is 4.79 Å². The summed E-state index contributed by atoms with van der Waals surface area (Å²) in [6.07, 6.45) is 19.6. The van der Waals surface area contributed by atoms with E-state index < -0.39 is 47.6 Å². The lowest BCUT2D eigenvalue weighted by molar-refractivity contribution is -0.150. The Balaban J connectivity index is 1.42. The summed E-state index contributed by atoms with van der Waals surface area (Å²) >= 11 is 0. The number of ether oxygens (including phenoxy) is 2. The summed E-state index contributed by atoms with van der Waals surface area (Å²) in [7, 11) is 0. The van der Waals surface area contributed by atoms with Crippen molar-refractivity contribution in [2.24, 2.45) is 0 Å². The van der Waals surface area contributed by atoms with Gasteiger partial charge in [0.1, 0.15) is 24.9 Å². The summed E-state index contributed by atoms with van der Waals surface area (Å²) in [4.78, 5) is 37.0. The fraction of sp³-hybridized carbons (Fsp3) is 0.839. The predicted octanol–water partition coefficient (Wildman–Crippen LogP) is 5.66. The summed E-state index contributed by atoms with van der Waals surface area (Å²) in [5, 5.41) is 20.4. The first kappa shape index (κ1) is 35.2. The number of nitrogens with one attached hydrogen (secondary N) is 1. The van der Waals surface area contributed by atoms with Crippen LogP contribution in [0.25, 0.3) is 0 Å². The SMILES string of the molecule is CCCCCCCCCCCCCCCCCCCCCC(=O)OC[C@@H]1O[C@H](n2cc(F)c(=O)[nH]c2=O)C(O)C1O. The molecule has 0 bridgehead atoms. The third kappa shape index (κ3) is 13.7. The van der Waals surface area contributed by atoms with E-state index in [1.807, 2.05) is 0 Å². The van der Waals surface area contributed by atoms with E-state index in [2.05, 4.69) is 6.92 Å². The summed E-state index contributed by atoms with van der Waals surface area (Å²) in [6, 6.07) is 0. The molecule has 1 aromatic rings. The maximum atomic E-state index is 13.6. The first-order valence-electron chi connectivity index (χ1n) is 16.0. The number of aromatic nitrogens is 2. The number of carbonyl (C=O) groups is 1. The molecule has 2 rings (SSSR count). The lowest BCUT2D eigenvalue weighted by atomic mass is 10.0. The lowest BCUT2D eigenvalue weighted by Gasteiger charge is -2.16. The Morgan fingerprint density at radius 3 is 1.78 bits per heavy atom. The van der Waals surface area contributed by atoms with Gasteiger partial charge in [-0.1, -0.05) is 122 Å². The Hall–Kier alpha value is -2.04. The molecule has 41 heavy (non-hydrogen) atoms. The van der Waals surface area contributed by atoms with E-state index in [0.717, 1.165) is 12.8 Å². The van der Waals surface area contributed by atoms with Gasteiger partial charge in [-0.15, -0.1) is 0 Å². The average Bonchev–Trinajstić information content (AvgIpc) is 3.23. The van der Waals surface area contributed by atoms with Crippen LogP contribution >= 0.6 is 0 Å². The Kier molecular flexibility index (Phi) is 17.8. The fourth-order valence-electron chi connectivity index (χ4n) is 5.34. The van der Waals surface area contributed by atoms with Gasteiger partial charge in [0.25, 0.3) is 5.56 Å². The van der Waals surface area contributed by atoms with E-state index in [9.17, 15) is 29.0 Å². The molecule has 1 aliphatic rings. The van der Waals surface area contributed by atoms with Gasteiger partial charge in [-0.3, -0.25) is 19.1 Å². The van der Waals surface area contributed by atoms with Crippen molar-refractivity contribution in [1.82, 2.24) is 9.55 Å². The molecule has 9 nitrogen and oxygen atoms in total. The molecule has 3 N–H and O–H groups in total. The van der Waals surface area contributed by atoms with E-state index in [4.69, 9.17) is 9.47 Å². The zero-order valence-electron chi connectivity index (χ0n) is 25.0. The van der Waals surface area contributed by atoms with Crippen molar-refractivity contribution in [1.29, 1.82) is 0 Å². The molecule has 2 unspecified atom stereocenters. The quantitative estimate of drug-likeness (QED) is 0.112. The van der Waals surface area contributed by atoms with Gasteiger partial charge >= 0.3 is 11.7 Å². The second-order valence-electron chi connectivity index (χ2n) is 11.5. The smallest absolute Gasteiger partial charge is 0.330 e. The molecule has 0 amide bonds. The number of H-pyrrole nitrogens is 1. The van der Waals surface area contributed by atoms with Gasteiger partial charge in [0, 0.05) is 6.42 Å². The Bertz CT molecular complexity index is 967. The monoisotopic (exact) mass is 584 g/mol. The number of hydrogen-bond acceptors (Lipinski definition) is 7. The molecule has 0 radical (unpaired) electrons. The Morgan fingerprint density at radius 2 is 1.29 bits per heavy atom. The number of unbranched alkanes of at least 4 members (excludes halogenated alkanes) is 18. The van der Waals surface area contributed by atoms with E-state index in [1.54, 1.807) is 4.98 Å². The van der Waals surface area contributed by atoms with Crippen molar-refractivity contribution in [2.75, 3.05) is 6.61 Å². The number of aromatic amines is 1. The van der Waals surface area contributed by atoms with E-state index in [0.29, 0.717) is 17.2 Å². The van der Waals surface area contributed by atoms with Gasteiger partial charge < -0.3 is 19.7 Å². The van der Waals surface area contributed by atoms with Gasteiger partial charge in [0.05, 0.1) is 6.20 Å². The van der Waals surface area contributed by atoms with Crippen molar-refractivity contribution < 1.29 is 28.9 Å². The number of rotatable bonds is 23. The van der Waals surface area contributed by atoms with Crippen LogP contribution in [-0.2, 0) is 14.3 Å². The van der Waals surface area contributed by atoms with Crippen LogP contribution in [0, 0.1) is 5.82 Å². The molecule has 0 spiro atoms. The number of hydrogen-bond donors (Lipinski definition) is 3. The molecule has 10 heteroatoms. The minimum Gasteiger partial charge on any atom is -0.463 e. The normalized spacial score (nSPS) is 20.5. The van der Waals surface area contributed by atoms with Crippen LogP contribution in [0.15, 0.2) is 15.8 Å². The van der Waals surface area contributed by atoms with Gasteiger partial charge in [0.2, 0.25) is 5.82 Å². The zero-order chi connectivity index (χ0) is 29.9. The Morgan fingerprint density at radius 1 is 0.829 bits per heavy atom. The molecule has 0 saturated carbocycles. The second-order valence-corrected chi connectivity index (χ2v) is 11.5. The lowest BCUT2D eigenvalue weighted by Crippen LogP contribution is -2.38. The van der Waals surface area contributed by atoms with E-state index >= 15 is 0 Å². The molecule has 0 aromatic carbocycles. The van der Waals surface area contributed by atoms with Crippen molar-refractivity contribution in [3.05, 3.63) is 32.9 Å². The van der Waals surface area contributed by atoms with Crippen LogP contribution in [0.4, 0.5) is 4.39 Å². The van der Waals surface area contributed by atoms with Crippen molar-refractivity contribution >= 4 is 5.97 Å². The maximum absolute atomic E-state index is 13.6. The number of aliphatic hydroxyl groups is 2. The van der Waals surface area contributed by atoms with Crippen LogP contribution in [-0.4, -0.2) is 50.7 Å². The largest absolute Gasteiger partial charge is 0.463 e. The second kappa shape index (κ2) is 20.8. The summed E-state index contributed by atoms with van der Waals surface area (Å²) in [5.41, 5.74) is -2.19. The fourth-order valence-corrected chi connectivity index (χ4v) is 5.34. The zero-order valence-corrected chi connectivity index (χ0v) is 25.0. The van der Waals surface area contributed by atoms with Crippen LogP contribution in [0.5, 0.6) is 0 Å². The molecular weight excluding hydrogens is 531 g/mol. The summed E-state index contributed by atoms with van der Waals surface area (Å²) in [6.45, 7) is 1.95. The van der Waals surface area contributed by atoms with Crippen LogP contribution in [0.1, 0.15) is 142 Å². The molecule has 1 aliphatic heterocycles. The highest BCUT2D eigenvalue weighted by molar-refractivity contribution is 5.69. The average molecular weight is 585 g/mol. The van der Waals surface area contributed by atoms with Crippen molar-refractivity contribution in [3.8, 4) is 0 Å². The third-order valence-electron chi connectivity index (χ3n) is 7.93. The van der Waals surface area contributed by atoms with Gasteiger partial charge in [0.15, 0.2) is 6.23 Å². The minimum atomic E-state index is -1.57. The number of halogens is 1. The number of aliphatic hydroxyl groups excluding tert-OH is 2. The summed E-state index contributed by atoms with van der Waals surface area (Å²) < 4.78 is 24.9. The molecule has 1 aromatic heterocycles. The first-order valence-corrected chi connectivity index (χ1v) is 16.0. The Labute approximate surface area is 243 Å². The molecule has 2 heterocycles. The highest BCUT2D eigenvalue weighted by atomic mass is 19.1. The van der Waals surface area contributed by atoms with E-state index in [1.165, 1.54) is 103 Å². The third-order valence-corrected chi connectivity index (χ3v) is 7.93. The maximum Gasteiger partial charge on any atom is 0.330 e. The molecule has 1 saturated heterocycles. The molecule has 4 atom stereocenters. The molecular formula is C31H53FN2O7. The van der Waals surface area contributed by atoms with Crippen LogP contribution < -0.4 is 11.2 Å². The van der Waals surface area contributed by atoms with Crippen molar-refractivity contribution in [3.63, 3.8) is 0 Å². The number of esters is 1. The standard InChI is InChI=1S/C31H53FN2O7/c1-2-3-4-5-6-7-8-9-10-11-12-13-14-15-16-17-18-19-20-21-26(35)40-23-25-27(36)28(37)30(41-25)34-22-24(32)29(38)33-31(34)39/h22,25,27-28,30,36-37H,2-21,23H2,1H3,(H,33,38,39)/t25-,27?,28?,30-/m0/s1. The van der Waals surface area contributed by atoms with Gasteiger partial charge in [-0.05, 0) is 6.42 Å². The highest BCUT2D eigenvalue weighted by Crippen LogP contribution is 2.28. The topological polar surface area (TPSA) is 131 Å². The number of carbonyl (C=O) groups excluding carboxylic acids is 1. The molecule has 1 fully saturated rings. The highest BCUT2D eigenvalue weighted by Gasteiger charge is 2.44. The van der Waals surface area contributed by atoms with Gasteiger partial charge in [-0.2, -0.15) is 4.39 Å². The summed E-state index contributed by atoms with van der Waals surface area (Å²) in [5.74, 6) is -1.66.